The standard InChI is InChI=1S/C24H21F2N3O2S/c1-28(22(30)14-17-9-11-20(12-10-17)31-24(25)26)15-18-16-29(19-6-3-2-4-7-19)27-23(18)21-8-5-13-32-21/h2-13,16,24H,14-15H2,1H3. The Balaban J connectivity index is 1.50. The maximum atomic E-state index is 12.8. The van der Waals surface area contributed by atoms with Crippen molar-refractivity contribution in [2.75, 3.05) is 7.05 Å². The molecule has 0 saturated carbocycles. The van der Waals surface area contributed by atoms with Crippen LogP contribution < -0.4 is 4.74 Å². The highest BCUT2D eigenvalue weighted by molar-refractivity contribution is 7.13. The molecule has 0 fully saturated rings. The van der Waals surface area contributed by atoms with Crippen LogP contribution in [0, 0.1) is 0 Å². The van der Waals surface area contributed by atoms with E-state index in [1.54, 1.807) is 35.4 Å². The van der Waals surface area contributed by atoms with Crippen molar-refractivity contribution < 1.29 is 18.3 Å². The molecule has 0 radical (unpaired) electrons. The number of hydrogen-bond donors (Lipinski definition) is 0. The molecule has 164 valence electrons. The lowest BCUT2D eigenvalue weighted by Crippen LogP contribution is -2.27. The third kappa shape index (κ3) is 5.20. The fourth-order valence-corrected chi connectivity index (χ4v) is 4.05. The zero-order valence-electron chi connectivity index (χ0n) is 17.3. The van der Waals surface area contributed by atoms with Crippen molar-refractivity contribution in [3.63, 3.8) is 0 Å². The van der Waals surface area contributed by atoms with E-state index in [0.717, 1.165) is 27.4 Å². The third-order valence-corrected chi connectivity index (χ3v) is 5.78. The van der Waals surface area contributed by atoms with E-state index in [2.05, 4.69) is 4.74 Å². The Bertz CT molecular complexity index is 1160. The topological polar surface area (TPSA) is 47.4 Å². The number of rotatable bonds is 8. The first kappa shape index (κ1) is 21.7. The van der Waals surface area contributed by atoms with Gasteiger partial charge in [-0.05, 0) is 41.3 Å². The summed E-state index contributed by atoms with van der Waals surface area (Å²) < 4.78 is 30.8. The lowest BCUT2D eigenvalue weighted by atomic mass is 10.1. The minimum atomic E-state index is -2.87. The number of nitrogens with zero attached hydrogens (tertiary/aromatic N) is 3. The molecule has 1 amide bonds. The summed E-state index contributed by atoms with van der Waals surface area (Å²) in [5.41, 5.74) is 3.45. The van der Waals surface area contributed by atoms with Gasteiger partial charge in [0, 0.05) is 25.4 Å². The van der Waals surface area contributed by atoms with Crippen LogP contribution in [-0.4, -0.2) is 34.2 Å². The second kappa shape index (κ2) is 9.74. The van der Waals surface area contributed by atoms with Gasteiger partial charge in [0.15, 0.2) is 0 Å². The summed E-state index contributed by atoms with van der Waals surface area (Å²) in [6.45, 7) is -2.48. The molecule has 0 N–H and O–H groups in total. The zero-order valence-corrected chi connectivity index (χ0v) is 18.1. The summed E-state index contributed by atoms with van der Waals surface area (Å²) in [4.78, 5) is 15.5. The van der Waals surface area contributed by atoms with E-state index in [-0.39, 0.29) is 18.1 Å². The van der Waals surface area contributed by atoms with E-state index in [1.807, 2.05) is 58.7 Å². The smallest absolute Gasteiger partial charge is 0.387 e. The molecular weight excluding hydrogens is 432 g/mol. The second-order valence-electron chi connectivity index (χ2n) is 7.21. The Morgan fingerprint density at radius 1 is 1.09 bits per heavy atom. The van der Waals surface area contributed by atoms with Gasteiger partial charge in [0.05, 0.1) is 17.0 Å². The summed E-state index contributed by atoms with van der Waals surface area (Å²) in [5.74, 6) is -0.0180. The number of carbonyl (C=O) groups is 1. The number of carbonyl (C=O) groups excluding carboxylic acids is 1. The van der Waals surface area contributed by atoms with Crippen molar-refractivity contribution in [2.45, 2.75) is 19.6 Å². The fraction of sp³-hybridized carbons (Fsp3) is 0.167. The first-order chi connectivity index (χ1) is 15.5. The van der Waals surface area contributed by atoms with E-state index in [0.29, 0.717) is 6.54 Å². The maximum Gasteiger partial charge on any atom is 0.387 e. The van der Waals surface area contributed by atoms with Crippen molar-refractivity contribution >= 4 is 17.2 Å². The molecule has 4 aromatic rings. The Morgan fingerprint density at radius 3 is 2.50 bits per heavy atom. The molecule has 0 unspecified atom stereocenters. The Kier molecular flexibility index (Phi) is 6.61. The van der Waals surface area contributed by atoms with Crippen LogP contribution in [-0.2, 0) is 17.8 Å². The van der Waals surface area contributed by atoms with E-state index < -0.39 is 6.61 Å². The number of para-hydroxylation sites is 1. The van der Waals surface area contributed by atoms with E-state index in [9.17, 15) is 13.6 Å². The Morgan fingerprint density at radius 2 is 1.84 bits per heavy atom. The van der Waals surface area contributed by atoms with Crippen molar-refractivity contribution in [1.29, 1.82) is 0 Å². The highest BCUT2D eigenvalue weighted by Crippen LogP contribution is 2.28. The van der Waals surface area contributed by atoms with Crippen LogP contribution in [0.1, 0.15) is 11.1 Å². The highest BCUT2D eigenvalue weighted by atomic mass is 32.1. The fourth-order valence-electron chi connectivity index (χ4n) is 3.30. The minimum absolute atomic E-state index is 0.0680. The minimum Gasteiger partial charge on any atom is -0.435 e. The number of aromatic nitrogens is 2. The van der Waals surface area contributed by atoms with Gasteiger partial charge in [0.2, 0.25) is 5.91 Å². The quantitative estimate of drug-likeness (QED) is 0.359. The van der Waals surface area contributed by atoms with Crippen LogP contribution in [0.15, 0.2) is 78.3 Å². The average Bonchev–Trinajstić information content (AvgIpc) is 3.45. The summed E-state index contributed by atoms with van der Waals surface area (Å²) in [7, 11) is 1.74. The van der Waals surface area contributed by atoms with Gasteiger partial charge in [-0.1, -0.05) is 36.4 Å². The molecule has 32 heavy (non-hydrogen) atoms. The van der Waals surface area contributed by atoms with Crippen LogP contribution in [0.25, 0.3) is 16.3 Å². The van der Waals surface area contributed by atoms with E-state index >= 15 is 0 Å². The molecule has 0 atom stereocenters. The summed E-state index contributed by atoms with van der Waals surface area (Å²) in [6, 6.07) is 19.9. The molecular formula is C24H21F2N3O2S. The Hall–Kier alpha value is -3.52. The lowest BCUT2D eigenvalue weighted by Gasteiger charge is -2.17. The lowest BCUT2D eigenvalue weighted by molar-refractivity contribution is -0.129. The highest BCUT2D eigenvalue weighted by Gasteiger charge is 2.18. The van der Waals surface area contributed by atoms with Gasteiger partial charge in [-0.3, -0.25) is 4.79 Å². The summed E-state index contributed by atoms with van der Waals surface area (Å²) >= 11 is 1.60. The predicted octanol–water partition coefficient (Wildman–Crippen LogP) is 5.40. The molecule has 2 aromatic heterocycles. The molecule has 0 saturated heterocycles. The molecule has 0 aliphatic carbocycles. The molecule has 2 aromatic carbocycles. The van der Waals surface area contributed by atoms with Gasteiger partial charge >= 0.3 is 6.61 Å². The van der Waals surface area contributed by atoms with Crippen molar-refractivity contribution in [1.82, 2.24) is 14.7 Å². The van der Waals surface area contributed by atoms with Gasteiger partial charge < -0.3 is 9.64 Å². The number of hydrogen-bond acceptors (Lipinski definition) is 4. The number of ether oxygens (including phenoxy) is 1. The Labute approximate surface area is 188 Å². The average molecular weight is 454 g/mol. The van der Waals surface area contributed by atoms with Crippen molar-refractivity contribution in [2.24, 2.45) is 0 Å². The summed E-state index contributed by atoms with van der Waals surface area (Å²) in [5, 5.41) is 6.76. The van der Waals surface area contributed by atoms with E-state index in [1.165, 1.54) is 12.1 Å². The maximum absolute atomic E-state index is 12.8. The molecule has 4 rings (SSSR count). The van der Waals surface area contributed by atoms with Gasteiger partial charge in [-0.25, -0.2) is 4.68 Å². The SMILES string of the molecule is CN(Cc1cn(-c2ccccc2)nc1-c1cccs1)C(=O)Cc1ccc(OC(F)F)cc1. The molecule has 0 bridgehead atoms. The largest absolute Gasteiger partial charge is 0.435 e. The van der Waals surface area contributed by atoms with Crippen LogP contribution in [0.3, 0.4) is 0 Å². The molecule has 8 heteroatoms. The van der Waals surface area contributed by atoms with Crippen LogP contribution in [0.4, 0.5) is 8.78 Å². The van der Waals surface area contributed by atoms with Gasteiger partial charge in [-0.2, -0.15) is 13.9 Å². The molecule has 2 heterocycles. The predicted molar refractivity (Wildman–Crippen MR) is 120 cm³/mol. The molecule has 0 spiro atoms. The van der Waals surface area contributed by atoms with Crippen LogP contribution in [0.5, 0.6) is 5.75 Å². The van der Waals surface area contributed by atoms with Crippen molar-refractivity contribution in [3.8, 4) is 22.0 Å². The van der Waals surface area contributed by atoms with Gasteiger partial charge in [-0.15, -0.1) is 11.3 Å². The third-order valence-electron chi connectivity index (χ3n) is 4.90. The second-order valence-corrected chi connectivity index (χ2v) is 8.16. The van der Waals surface area contributed by atoms with E-state index in [4.69, 9.17) is 5.10 Å². The van der Waals surface area contributed by atoms with Crippen LogP contribution >= 0.6 is 11.3 Å². The number of thiophene rings is 1. The zero-order chi connectivity index (χ0) is 22.5. The van der Waals surface area contributed by atoms with Crippen molar-refractivity contribution in [3.05, 3.63) is 89.4 Å². The first-order valence-electron chi connectivity index (χ1n) is 9.95. The number of alkyl halides is 2. The number of amides is 1. The van der Waals surface area contributed by atoms with Gasteiger partial charge in [0.25, 0.3) is 0 Å². The monoisotopic (exact) mass is 453 g/mol. The number of benzene rings is 2. The number of halogens is 2. The normalized spacial score (nSPS) is 11.0. The summed E-state index contributed by atoms with van der Waals surface area (Å²) in [6.07, 6.45) is 2.11. The van der Waals surface area contributed by atoms with Gasteiger partial charge in [0.1, 0.15) is 11.4 Å². The first-order valence-corrected chi connectivity index (χ1v) is 10.8. The number of likely N-dealkylation sites (N-methyl/N-ethyl adjacent to an activating group) is 1. The van der Waals surface area contributed by atoms with Crippen LogP contribution in [0.2, 0.25) is 0 Å². The molecule has 0 aliphatic heterocycles. The molecule has 5 nitrogen and oxygen atoms in total. The molecule has 0 aliphatic rings.